The topological polar surface area (TPSA) is 41.6 Å². The number of carbonyl (C=O) groups excluding carboxylic acids is 1. The maximum Gasteiger partial charge on any atom is 0.254 e. The molecular weight excluding hydrogens is 240 g/mol. The zero-order chi connectivity index (χ0) is 13.9. The summed E-state index contributed by atoms with van der Waals surface area (Å²) in [5, 5.41) is 3.58. The number of likely N-dealkylation sites (tertiary alicyclic amines) is 1. The minimum atomic E-state index is -0.648. The lowest BCUT2D eigenvalue weighted by Gasteiger charge is -2.39. The van der Waals surface area contributed by atoms with E-state index in [0.29, 0.717) is 12.0 Å². The van der Waals surface area contributed by atoms with Crippen molar-refractivity contribution in [3.63, 3.8) is 0 Å². The number of hydrogen-bond donors (Lipinski definition) is 1. The first-order valence-corrected chi connectivity index (χ1v) is 7.68. The Balaban J connectivity index is 1.98. The zero-order valence-electron chi connectivity index (χ0n) is 12.6. The van der Waals surface area contributed by atoms with Gasteiger partial charge >= 0.3 is 0 Å². The van der Waals surface area contributed by atoms with E-state index in [1.807, 2.05) is 18.7 Å². The van der Waals surface area contributed by atoms with E-state index < -0.39 is 5.60 Å². The minimum absolute atomic E-state index is 0.167. The zero-order valence-corrected chi connectivity index (χ0v) is 12.6. The Morgan fingerprint density at radius 2 is 2.21 bits per heavy atom. The van der Waals surface area contributed by atoms with Crippen molar-refractivity contribution in [2.75, 3.05) is 26.7 Å². The summed E-state index contributed by atoms with van der Waals surface area (Å²) in [5.41, 5.74) is -0.648. The Bertz CT molecular complexity index is 309. The number of hydrogen-bond acceptors (Lipinski definition) is 3. The number of rotatable bonds is 4. The van der Waals surface area contributed by atoms with Crippen LogP contribution in [0.15, 0.2) is 0 Å². The predicted molar refractivity (Wildman–Crippen MR) is 76.0 cm³/mol. The Hall–Kier alpha value is -0.610. The summed E-state index contributed by atoms with van der Waals surface area (Å²) in [4.78, 5) is 14.7. The summed E-state index contributed by atoms with van der Waals surface area (Å²) in [6, 6.07) is 0.617. The summed E-state index contributed by atoms with van der Waals surface area (Å²) in [7, 11) is 1.64. The van der Waals surface area contributed by atoms with Gasteiger partial charge in [0.15, 0.2) is 0 Å². The molecule has 0 saturated carbocycles. The van der Waals surface area contributed by atoms with Gasteiger partial charge in [-0.25, -0.2) is 0 Å². The van der Waals surface area contributed by atoms with Gasteiger partial charge < -0.3 is 15.0 Å². The average molecular weight is 268 g/mol. The lowest BCUT2D eigenvalue weighted by Crippen LogP contribution is -2.53. The average Bonchev–Trinajstić information content (AvgIpc) is 3.00. The van der Waals surface area contributed by atoms with Gasteiger partial charge in [0.2, 0.25) is 0 Å². The van der Waals surface area contributed by atoms with Crippen LogP contribution < -0.4 is 5.32 Å². The first-order valence-electron chi connectivity index (χ1n) is 7.68. The first kappa shape index (κ1) is 14.8. The molecule has 2 aliphatic rings. The smallest absolute Gasteiger partial charge is 0.254 e. The highest BCUT2D eigenvalue weighted by Gasteiger charge is 2.38. The molecule has 1 amide bonds. The third-order valence-corrected chi connectivity index (χ3v) is 4.99. The van der Waals surface area contributed by atoms with E-state index in [2.05, 4.69) is 5.32 Å². The lowest BCUT2D eigenvalue weighted by atomic mass is 9.88. The molecule has 4 nitrogen and oxygen atoms in total. The summed E-state index contributed by atoms with van der Waals surface area (Å²) in [6.07, 6.45) is 5.64. The van der Waals surface area contributed by atoms with Crippen molar-refractivity contribution < 1.29 is 9.53 Å². The number of nitrogens with one attached hydrogen (secondary N) is 1. The van der Waals surface area contributed by atoms with E-state index in [-0.39, 0.29) is 5.91 Å². The molecule has 3 unspecified atom stereocenters. The van der Waals surface area contributed by atoms with E-state index in [4.69, 9.17) is 4.74 Å². The Morgan fingerprint density at radius 3 is 2.79 bits per heavy atom. The van der Waals surface area contributed by atoms with Crippen LogP contribution in [0.25, 0.3) is 0 Å². The second-order valence-corrected chi connectivity index (χ2v) is 6.14. The number of nitrogens with zero attached hydrogens (tertiary/aromatic N) is 1. The van der Waals surface area contributed by atoms with Crippen molar-refractivity contribution in [2.45, 2.75) is 57.6 Å². The van der Waals surface area contributed by atoms with Crippen molar-refractivity contribution in [3.8, 4) is 0 Å². The van der Waals surface area contributed by atoms with E-state index in [1.165, 1.54) is 19.3 Å². The largest absolute Gasteiger partial charge is 0.369 e. The monoisotopic (exact) mass is 268 g/mol. The van der Waals surface area contributed by atoms with Gasteiger partial charge in [-0.2, -0.15) is 0 Å². The summed E-state index contributed by atoms with van der Waals surface area (Å²) < 4.78 is 5.46. The van der Waals surface area contributed by atoms with Crippen LogP contribution in [0.5, 0.6) is 0 Å². The highest BCUT2D eigenvalue weighted by molar-refractivity contribution is 5.84. The molecule has 2 heterocycles. The normalized spacial score (nSPS) is 31.2. The molecule has 0 aromatic carbocycles. The van der Waals surface area contributed by atoms with Gasteiger partial charge in [-0.05, 0) is 51.5 Å². The molecule has 0 spiro atoms. The molecule has 110 valence electrons. The molecule has 0 radical (unpaired) electrons. The van der Waals surface area contributed by atoms with E-state index in [0.717, 1.165) is 32.5 Å². The van der Waals surface area contributed by atoms with Crippen LogP contribution in [0, 0.1) is 5.92 Å². The maximum atomic E-state index is 12.6. The highest BCUT2D eigenvalue weighted by Crippen LogP contribution is 2.27. The van der Waals surface area contributed by atoms with Crippen molar-refractivity contribution in [1.82, 2.24) is 10.2 Å². The molecule has 3 atom stereocenters. The van der Waals surface area contributed by atoms with E-state index in [9.17, 15) is 4.79 Å². The van der Waals surface area contributed by atoms with Gasteiger partial charge in [0.05, 0.1) is 0 Å². The number of ether oxygens (including phenoxy) is 1. The number of carbonyl (C=O) groups is 1. The number of piperidine rings is 1. The van der Waals surface area contributed by atoms with Gasteiger partial charge in [-0.1, -0.05) is 6.92 Å². The van der Waals surface area contributed by atoms with Gasteiger partial charge in [-0.3, -0.25) is 4.79 Å². The molecule has 2 aliphatic heterocycles. The molecule has 0 aromatic heterocycles. The van der Waals surface area contributed by atoms with Crippen LogP contribution in [0.2, 0.25) is 0 Å². The Labute approximate surface area is 116 Å². The van der Waals surface area contributed by atoms with Crippen LogP contribution in [-0.4, -0.2) is 49.2 Å². The molecule has 4 heteroatoms. The summed E-state index contributed by atoms with van der Waals surface area (Å²) in [6.45, 7) is 6.85. The molecular formula is C15H28N2O2. The van der Waals surface area contributed by atoms with Gasteiger partial charge in [-0.15, -0.1) is 0 Å². The van der Waals surface area contributed by atoms with Gasteiger partial charge in [0.1, 0.15) is 5.60 Å². The molecule has 2 saturated heterocycles. The maximum absolute atomic E-state index is 12.6. The van der Waals surface area contributed by atoms with Crippen LogP contribution in [0.3, 0.4) is 0 Å². The van der Waals surface area contributed by atoms with Crippen molar-refractivity contribution in [3.05, 3.63) is 0 Å². The lowest BCUT2D eigenvalue weighted by molar-refractivity contribution is -0.155. The number of methoxy groups -OCH3 is 1. The third-order valence-electron chi connectivity index (χ3n) is 4.99. The van der Waals surface area contributed by atoms with Crippen LogP contribution in [0.1, 0.15) is 46.0 Å². The fourth-order valence-corrected chi connectivity index (χ4v) is 3.35. The van der Waals surface area contributed by atoms with Gasteiger partial charge in [0, 0.05) is 26.2 Å². The molecule has 0 aliphatic carbocycles. The third kappa shape index (κ3) is 3.11. The van der Waals surface area contributed by atoms with Crippen molar-refractivity contribution in [1.29, 1.82) is 0 Å². The second kappa shape index (κ2) is 6.23. The standard InChI is InChI=1S/C15H28N2O2/c1-4-15(2,19-3)14(18)17-10-6-7-12(11-17)13-8-5-9-16-13/h12-13,16H,4-11H2,1-3H3. The van der Waals surface area contributed by atoms with E-state index >= 15 is 0 Å². The molecule has 0 bridgehead atoms. The first-order chi connectivity index (χ1) is 9.10. The molecule has 2 rings (SSSR count). The van der Waals surface area contributed by atoms with Gasteiger partial charge in [0.25, 0.3) is 5.91 Å². The Kier molecular flexibility index (Phi) is 4.85. The number of amides is 1. The fourth-order valence-electron chi connectivity index (χ4n) is 3.35. The quantitative estimate of drug-likeness (QED) is 0.845. The summed E-state index contributed by atoms with van der Waals surface area (Å²) in [5.74, 6) is 0.790. The molecule has 1 N–H and O–H groups in total. The summed E-state index contributed by atoms with van der Waals surface area (Å²) >= 11 is 0. The van der Waals surface area contributed by atoms with Crippen LogP contribution in [-0.2, 0) is 9.53 Å². The van der Waals surface area contributed by atoms with Crippen LogP contribution in [0.4, 0.5) is 0 Å². The van der Waals surface area contributed by atoms with Crippen molar-refractivity contribution >= 4 is 5.91 Å². The van der Waals surface area contributed by atoms with Crippen molar-refractivity contribution in [2.24, 2.45) is 5.92 Å². The molecule has 0 aromatic rings. The molecule has 19 heavy (non-hydrogen) atoms. The SMILES string of the molecule is CCC(C)(OC)C(=O)N1CCCC(C2CCCN2)C1. The highest BCUT2D eigenvalue weighted by atomic mass is 16.5. The molecule has 2 fully saturated rings. The Morgan fingerprint density at radius 1 is 1.42 bits per heavy atom. The predicted octanol–water partition coefficient (Wildman–Crippen LogP) is 1.79. The second-order valence-electron chi connectivity index (χ2n) is 6.14. The fraction of sp³-hybridized carbons (Fsp3) is 0.933. The van der Waals surface area contributed by atoms with Crippen LogP contribution >= 0.6 is 0 Å². The minimum Gasteiger partial charge on any atom is -0.369 e. The van der Waals surface area contributed by atoms with E-state index in [1.54, 1.807) is 7.11 Å².